The number of nitriles is 1. The van der Waals surface area contributed by atoms with Crippen molar-refractivity contribution in [1.82, 2.24) is 9.88 Å². The molecule has 3 aromatic rings. The lowest BCUT2D eigenvalue weighted by molar-refractivity contribution is 0.128. The summed E-state index contributed by atoms with van der Waals surface area (Å²) in [5.74, 6) is -0.559. The first-order valence-corrected chi connectivity index (χ1v) is 8.71. The summed E-state index contributed by atoms with van der Waals surface area (Å²) >= 11 is 0. The smallest absolute Gasteiger partial charge is 0.407 e. The van der Waals surface area contributed by atoms with Crippen LogP contribution in [-0.2, 0) is 0 Å². The number of carboxylic acid groups (broad SMARTS) is 1. The molecule has 1 aromatic heterocycles. The van der Waals surface area contributed by atoms with Crippen molar-refractivity contribution in [3.63, 3.8) is 0 Å². The number of benzene rings is 2. The predicted octanol–water partition coefficient (Wildman–Crippen LogP) is 3.61. The summed E-state index contributed by atoms with van der Waals surface area (Å²) in [6.07, 6.45) is -1.01. The van der Waals surface area contributed by atoms with Crippen LogP contribution in [0.3, 0.4) is 0 Å². The van der Waals surface area contributed by atoms with Crippen LogP contribution in [0.2, 0.25) is 0 Å². The van der Waals surface area contributed by atoms with E-state index in [1.54, 1.807) is 36.1 Å². The summed E-state index contributed by atoms with van der Waals surface area (Å²) in [6.45, 7) is 2.48. The van der Waals surface area contributed by atoms with E-state index in [4.69, 9.17) is 9.52 Å². The van der Waals surface area contributed by atoms with Gasteiger partial charge in [-0.15, -0.1) is 0 Å². The molecule has 8 heteroatoms. The number of amides is 1. The number of halogens is 1. The number of anilines is 1. The van der Waals surface area contributed by atoms with Gasteiger partial charge < -0.3 is 19.3 Å². The second kappa shape index (κ2) is 6.53. The summed E-state index contributed by atoms with van der Waals surface area (Å²) < 4.78 is 21.0. The number of aromatic nitrogens is 1. The molecule has 1 aliphatic rings. The van der Waals surface area contributed by atoms with E-state index in [1.165, 1.54) is 11.9 Å². The van der Waals surface area contributed by atoms with Crippen LogP contribution in [0.4, 0.5) is 15.2 Å². The fraction of sp³-hybridized carbons (Fsp3) is 0.250. The Morgan fingerprint density at radius 3 is 2.68 bits per heavy atom. The van der Waals surface area contributed by atoms with Crippen molar-refractivity contribution < 1.29 is 18.7 Å². The van der Waals surface area contributed by atoms with Crippen LogP contribution in [0.25, 0.3) is 22.2 Å². The Labute approximate surface area is 160 Å². The molecule has 0 spiro atoms. The lowest BCUT2D eigenvalue weighted by Gasteiger charge is -2.41. The molecule has 1 aliphatic heterocycles. The first-order chi connectivity index (χ1) is 13.4. The summed E-state index contributed by atoms with van der Waals surface area (Å²) in [7, 11) is 1.50. The third-order valence-electron chi connectivity index (χ3n) is 5.18. The molecule has 0 unspecified atom stereocenters. The zero-order valence-electron chi connectivity index (χ0n) is 15.3. The van der Waals surface area contributed by atoms with Gasteiger partial charge in [-0.3, -0.25) is 0 Å². The number of hydrogen-bond donors (Lipinski definition) is 1. The van der Waals surface area contributed by atoms with Gasteiger partial charge in [-0.1, -0.05) is 30.3 Å². The summed E-state index contributed by atoms with van der Waals surface area (Å²) in [5.41, 5.74) is 1.87. The second-order valence-electron chi connectivity index (χ2n) is 6.79. The Morgan fingerprint density at radius 1 is 1.39 bits per heavy atom. The molecule has 28 heavy (non-hydrogen) atoms. The quantitative estimate of drug-likeness (QED) is 0.746. The molecule has 0 bridgehead atoms. The standard InChI is InChI=1S/C20H17FN4O3/c1-11-14(8-22)17-18(16(21)15(11)12-6-4-3-5-7-12)28-19(23-17)25-9-13(10-25)24(2)20(26)27/h3-7,13H,9-10H2,1-2H3,(H,26,27). The minimum absolute atomic E-state index is 0.0638. The lowest BCUT2D eigenvalue weighted by atomic mass is 9.95. The Kier molecular flexibility index (Phi) is 4.15. The fourth-order valence-electron chi connectivity index (χ4n) is 3.44. The SMILES string of the molecule is Cc1c(-c2ccccc2)c(F)c2oc(N3CC(N(C)C(=O)O)C3)nc2c1C#N. The van der Waals surface area contributed by atoms with E-state index in [2.05, 4.69) is 11.1 Å². The number of carbonyl (C=O) groups is 1. The highest BCUT2D eigenvalue weighted by atomic mass is 19.1. The maximum absolute atomic E-state index is 15.3. The molecule has 0 aliphatic carbocycles. The van der Waals surface area contributed by atoms with Crippen LogP contribution in [-0.4, -0.2) is 47.3 Å². The van der Waals surface area contributed by atoms with E-state index in [9.17, 15) is 10.1 Å². The number of hydrogen-bond acceptors (Lipinski definition) is 5. The van der Waals surface area contributed by atoms with Gasteiger partial charge in [0.25, 0.3) is 6.01 Å². The second-order valence-corrected chi connectivity index (χ2v) is 6.79. The first kappa shape index (κ1) is 17.8. The van der Waals surface area contributed by atoms with Crippen molar-refractivity contribution in [3.05, 3.63) is 47.3 Å². The average Bonchev–Trinajstić information content (AvgIpc) is 3.06. The summed E-state index contributed by atoms with van der Waals surface area (Å²) in [4.78, 5) is 18.3. The molecule has 1 N–H and O–H groups in total. The molecule has 0 atom stereocenters. The molecule has 1 saturated heterocycles. The Bertz CT molecular complexity index is 1110. The summed E-state index contributed by atoms with van der Waals surface area (Å²) in [6, 6.07) is 11.1. The van der Waals surface area contributed by atoms with Gasteiger partial charge in [0, 0.05) is 25.7 Å². The lowest BCUT2D eigenvalue weighted by Crippen LogP contribution is -2.59. The van der Waals surface area contributed by atoms with E-state index in [0.29, 0.717) is 29.8 Å². The predicted molar refractivity (Wildman–Crippen MR) is 101 cm³/mol. The highest BCUT2D eigenvalue weighted by Crippen LogP contribution is 2.38. The topological polar surface area (TPSA) is 93.6 Å². The van der Waals surface area contributed by atoms with Gasteiger partial charge in [0.05, 0.1) is 11.6 Å². The van der Waals surface area contributed by atoms with Crippen molar-refractivity contribution >= 4 is 23.2 Å². The minimum Gasteiger partial charge on any atom is -0.465 e. The molecule has 2 heterocycles. The molecule has 0 saturated carbocycles. The highest BCUT2D eigenvalue weighted by Gasteiger charge is 2.36. The van der Waals surface area contributed by atoms with Crippen LogP contribution in [0.15, 0.2) is 34.7 Å². The van der Waals surface area contributed by atoms with Gasteiger partial charge in [0.1, 0.15) is 11.6 Å². The maximum atomic E-state index is 15.3. The van der Waals surface area contributed by atoms with Gasteiger partial charge in [-0.25, -0.2) is 9.18 Å². The molecular weight excluding hydrogens is 363 g/mol. The van der Waals surface area contributed by atoms with Gasteiger partial charge in [-0.05, 0) is 18.1 Å². The van der Waals surface area contributed by atoms with Crippen molar-refractivity contribution in [2.75, 3.05) is 25.0 Å². The normalized spacial score (nSPS) is 14.0. The number of nitrogens with zero attached hydrogens (tertiary/aromatic N) is 4. The first-order valence-electron chi connectivity index (χ1n) is 8.71. The van der Waals surface area contributed by atoms with Crippen LogP contribution in [0, 0.1) is 24.1 Å². The number of fused-ring (bicyclic) bond motifs is 1. The van der Waals surface area contributed by atoms with Crippen LogP contribution in [0.1, 0.15) is 11.1 Å². The molecule has 0 radical (unpaired) electrons. The van der Waals surface area contributed by atoms with Crippen LogP contribution in [0.5, 0.6) is 0 Å². The zero-order valence-corrected chi connectivity index (χ0v) is 15.3. The molecule has 1 fully saturated rings. The number of rotatable bonds is 3. The van der Waals surface area contributed by atoms with Crippen LogP contribution >= 0.6 is 0 Å². The fourth-order valence-corrected chi connectivity index (χ4v) is 3.44. The van der Waals surface area contributed by atoms with Gasteiger partial charge in [-0.2, -0.15) is 10.2 Å². The number of oxazole rings is 1. The largest absolute Gasteiger partial charge is 0.465 e. The molecule has 4 rings (SSSR count). The van der Waals surface area contributed by atoms with E-state index < -0.39 is 11.9 Å². The van der Waals surface area contributed by atoms with Crippen molar-refractivity contribution in [2.45, 2.75) is 13.0 Å². The third kappa shape index (κ3) is 2.63. The Morgan fingerprint density at radius 2 is 2.07 bits per heavy atom. The highest BCUT2D eigenvalue weighted by molar-refractivity contribution is 5.90. The van der Waals surface area contributed by atoms with Crippen molar-refractivity contribution in [2.24, 2.45) is 0 Å². The number of likely N-dealkylation sites (N-methyl/N-ethyl adjacent to an activating group) is 1. The van der Waals surface area contributed by atoms with E-state index in [0.717, 1.165) is 0 Å². The van der Waals surface area contributed by atoms with Crippen LogP contribution < -0.4 is 4.90 Å². The minimum atomic E-state index is -1.01. The zero-order chi connectivity index (χ0) is 20.0. The third-order valence-corrected chi connectivity index (χ3v) is 5.18. The molecule has 142 valence electrons. The van der Waals surface area contributed by atoms with Crippen molar-refractivity contribution in [3.8, 4) is 17.2 Å². The van der Waals surface area contributed by atoms with E-state index in [1.807, 2.05) is 6.07 Å². The van der Waals surface area contributed by atoms with E-state index in [-0.39, 0.29) is 28.7 Å². The Hall–Kier alpha value is -3.60. The monoisotopic (exact) mass is 380 g/mol. The molecule has 7 nitrogen and oxygen atoms in total. The average molecular weight is 380 g/mol. The van der Waals surface area contributed by atoms with Gasteiger partial charge in [0.15, 0.2) is 11.4 Å². The molecular formula is C20H17FN4O3. The van der Waals surface area contributed by atoms with Crippen molar-refractivity contribution in [1.29, 1.82) is 5.26 Å². The Balaban J connectivity index is 1.77. The molecule has 1 amide bonds. The maximum Gasteiger partial charge on any atom is 0.407 e. The summed E-state index contributed by atoms with van der Waals surface area (Å²) in [5, 5.41) is 18.7. The van der Waals surface area contributed by atoms with E-state index >= 15 is 4.39 Å². The molecule has 2 aromatic carbocycles. The van der Waals surface area contributed by atoms with Gasteiger partial charge >= 0.3 is 6.09 Å². The van der Waals surface area contributed by atoms with Gasteiger partial charge in [0.2, 0.25) is 0 Å².